The number of nitrogens with zero attached hydrogens (tertiary/aromatic N) is 4. The molecule has 1 aliphatic heterocycles. The molecule has 2 aromatic rings. The third-order valence-corrected chi connectivity index (χ3v) is 4.36. The van der Waals surface area contributed by atoms with Crippen LogP contribution in [0.25, 0.3) is 0 Å². The highest BCUT2D eigenvalue weighted by Gasteiger charge is 2.22. The van der Waals surface area contributed by atoms with Crippen LogP contribution in [-0.2, 0) is 11.3 Å². The fraction of sp³-hybridized carbons (Fsp3) is 0.412. The van der Waals surface area contributed by atoms with Crippen LogP contribution in [0.2, 0.25) is 0 Å². The van der Waals surface area contributed by atoms with E-state index in [2.05, 4.69) is 5.10 Å². The molecule has 1 aromatic carbocycles. The molecule has 25 heavy (non-hydrogen) atoms. The highest BCUT2D eigenvalue weighted by molar-refractivity contribution is 5.94. The minimum absolute atomic E-state index is 0.00315. The van der Waals surface area contributed by atoms with Gasteiger partial charge in [-0.3, -0.25) is 19.6 Å². The average molecular weight is 344 g/mol. The molecule has 1 aromatic heterocycles. The number of nitro groups is 1. The Hall–Kier alpha value is -2.74. The number of carbonyl (C=O) groups excluding carboxylic acids is 1. The van der Waals surface area contributed by atoms with Gasteiger partial charge in [-0.15, -0.1) is 0 Å². The van der Waals surface area contributed by atoms with Crippen LogP contribution in [0.5, 0.6) is 0 Å². The van der Waals surface area contributed by atoms with E-state index in [4.69, 9.17) is 4.74 Å². The molecule has 0 radical (unpaired) electrons. The summed E-state index contributed by atoms with van der Waals surface area (Å²) in [6.07, 6.45) is 0. The second-order valence-corrected chi connectivity index (χ2v) is 6.04. The zero-order valence-corrected chi connectivity index (χ0v) is 14.3. The van der Waals surface area contributed by atoms with Crippen molar-refractivity contribution in [1.29, 1.82) is 0 Å². The van der Waals surface area contributed by atoms with Gasteiger partial charge in [0.2, 0.25) is 0 Å². The van der Waals surface area contributed by atoms with E-state index in [0.29, 0.717) is 49.8 Å². The number of aryl methyl sites for hydroxylation is 1. The predicted molar refractivity (Wildman–Crippen MR) is 90.6 cm³/mol. The maximum Gasteiger partial charge on any atom is 0.312 e. The first kappa shape index (κ1) is 17.1. The molecule has 1 fully saturated rings. The molecular weight excluding hydrogens is 324 g/mol. The van der Waals surface area contributed by atoms with Crippen LogP contribution in [0.1, 0.15) is 27.3 Å². The topological polar surface area (TPSA) is 90.5 Å². The molecule has 0 unspecified atom stereocenters. The smallest absolute Gasteiger partial charge is 0.312 e. The van der Waals surface area contributed by atoms with Gasteiger partial charge in [0.25, 0.3) is 5.91 Å². The number of rotatable bonds is 4. The van der Waals surface area contributed by atoms with Crippen LogP contribution < -0.4 is 0 Å². The van der Waals surface area contributed by atoms with Gasteiger partial charge < -0.3 is 9.64 Å². The van der Waals surface area contributed by atoms with Gasteiger partial charge in [0.15, 0.2) is 0 Å². The number of benzene rings is 1. The number of aromatic nitrogens is 2. The molecule has 0 spiro atoms. The van der Waals surface area contributed by atoms with Gasteiger partial charge in [0.05, 0.1) is 24.7 Å². The van der Waals surface area contributed by atoms with Crippen molar-refractivity contribution < 1.29 is 14.5 Å². The second kappa shape index (κ2) is 7.02. The van der Waals surface area contributed by atoms with E-state index < -0.39 is 4.92 Å². The Kier molecular flexibility index (Phi) is 4.80. The van der Waals surface area contributed by atoms with Gasteiger partial charge in [-0.05, 0) is 31.5 Å². The Morgan fingerprint density at radius 2 is 1.88 bits per heavy atom. The minimum atomic E-state index is -0.404. The lowest BCUT2D eigenvalue weighted by Gasteiger charge is -2.26. The zero-order chi connectivity index (χ0) is 18.0. The summed E-state index contributed by atoms with van der Waals surface area (Å²) in [5.41, 5.74) is 2.54. The van der Waals surface area contributed by atoms with Gasteiger partial charge in [0, 0.05) is 18.7 Å². The summed E-state index contributed by atoms with van der Waals surface area (Å²) in [5, 5.41) is 15.3. The van der Waals surface area contributed by atoms with E-state index in [1.807, 2.05) is 12.1 Å². The van der Waals surface area contributed by atoms with Crippen molar-refractivity contribution in [2.75, 3.05) is 26.3 Å². The molecular formula is C17H20N4O4. The fourth-order valence-electron chi connectivity index (χ4n) is 2.98. The van der Waals surface area contributed by atoms with Gasteiger partial charge in [-0.1, -0.05) is 12.1 Å². The van der Waals surface area contributed by atoms with Gasteiger partial charge in [-0.25, -0.2) is 0 Å². The third-order valence-electron chi connectivity index (χ3n) is 4.36. The monoisotopic (exact) mass is 344 g/mol. The Labute approximate surface area is 145 Å². The Bertz CT molecular complexity index is 792. The molecule has 132 valence electrons. The van der Waals surface area contributed by atoms with Crippen LogP contribution in [-0.4, -0.2) is 51.8 Å². The van der Waals surface area contributed by atoms with Crippen molar-refractivity contribution in [2.45, 2.75) is 20.4 Å². The van der Waals surface area contributed by atoms with Gasteiger partial charge in [-0.2, -0.15) is 5.10 Å². The molecule has 1 saturated heterocycles. The number of amides is 1. The molecule has 8 heteroatoms. The standard InChI is InChI=1S/C17H20N4O4/c1-12-16(21(23)24)13(2)20(18-12)11-14-3-5-15(6-4-14)17(22)19-7-9-25-10-8-19/h3-6H,7-11H2,1-2H3. The average Bonchev–Trinajstić information content (AvgIpc) is 2.89. The summed E-state index contributed by atoms with van der Waals surface area (Å²) < 4.78 is 6.88. The largest absolute Gasteiger partial charge is 0.378 e. The van der Waals surface area contributed by atoms with E-state index in [-0.39, 0.29) is 11.6 Å². The highest BCUT2D eigenvalue weighted by Crippen LogP contribution is 2.22. The molecule has 1 amide bonds. The Balaban J connectivity index is 1.74. The number of ether oxygens (including phenoxy) is 1. The maximum absolute atomic E-state index is 12.4. The van der Waals surface area contributed by atoms with E-state index in [9.17, 15) is 14.9 Å². The molecule has 0 aliphatic carbocycles. The van der Waals surface area contributed by atoms with Crippen molar-refractivity contribution in [3.8, 4) is 0 Å². The Morgan fingerprint density at radius 3 is 2.44 bits per heavy atom. The van der Waals surface area contributed by atoms with Crippen LogP contribution in [0.15, 0.2) is 24.3 Å². The molecule has 3 rings (SSSR count). The van der Waals surface area contributed by atoms with Crippen molar-refractivity contribution in [3.63, 3.8) is 0 Å². The van der Waals surface area contributed by atoms with Crippen LogP contribution >= 0.6 is 0 Å². The van der Waals surface area contributed by atoms with Crippen molar-refractivity contribution in [1.82, 2.24) is 14.7 Å². The lowest BCUT2D eigenvalue weighted by atomic mass is 10.1. The highest BCUT2D eigenvalue weighted by atomic mass is 16.6. The predicted octanol–water partition coefficient (Wildman–Crippen LogP) is 1.93. The number of hydrogen-bond acceptors (Lipinski definition) is 5. The van der Waals surface area contributed by atoms with E-state index in [1.165, 1.54) is 0 Å². The maximum atomic E-state index is 12.4. The number of hydrogen-bond donors (Lipinski definition) is 0. The Morgan fingerprint density at radius 1 is 1.24 bits per heavy atom. The third kappa shape index (κ3) is 3.53. The first-order valence-electron chi connectivity index (χ1n) is 8.11. The lowest BCUT2D eigenvalue weighted by molar-refractivity contribution is -0.386. The zero-order valence-electron chi connectivity index (χ0n) is 14.3. The normalized spacial score (nSPS) is 14.6. The van der Waals surface area contributed by atoms with E-state index in [0.717, 1.165) is 5.56 Å². The molecule has 8 nitrogen and oxygen atoms in total. The van der Waals surface area contributed by atoms with Crippen LogP contribution in [0.3, 0.4) is 0 Å². The molecule has 1 aliphatic rings. The molecule has 0 bridgehead atoms. The van der Waals surface area contributed by atoms with E-state index >= 15 is 0 Å². The summed E-state index contributed by atoms with van der Waals surface area (Å²) in [5.74, 6) is -0.00315. The van der Waals surface area contributed by atoms with Crippen LogP contribution in [0, 0.1) is 24.0 Å². The van der Waals surface area contributed by atoms with Crippen molar-refractivity contribution in [2.24, 2.45) is 0 Å². The van der Waals surface area contributed by atoms with Gasteiger partial charge in [0.1, 0.15) is 11.4 Å². The fourth-order valence-corrected chi connectivity index (χ4v) is 2.98. The molecule has 2 heterocycles. The molecule has 0 atom stereocenters. The molecule has 0 N–H and O–H groups in total. The van der Waals surface area contributed by atoms with Gasteiger partial charge >= 0.3 is 5.69 Å². The SMILES string of the molecule is Cc1nn(Cc2ccc(C(=O)N3CCOCC3)cc2)c(C)c1[N+](=O)[O-]. The quantitative estimate of drug-likeness (QED) is 0.624. The molecule has 0 saturated carbocycles. The lowest BCUT2D eigenvalue weighted by Crippen LogP contribution is -2.40. The summed E-state index contributed by atoms with van der Waals surface area (Å²) >= 11 is 0. The van der Waals surface area contributed by atoms with Crippen molar-refractivity contribution >= 4 is 11.6 Å². The van der Waals surface area contributed by atoms with Crippen molar-refractivity contribution in [3.05, 3.63) is 56.9 Å². The minimum Gasteiger partial charge on any atom is -0.378 e. The number of carbonyl (C=O) groups is 1. The summed E-state index contributed by atoms with van der Waals surface area (Å²) in [6.45, 7) is 6.10. The summed E-state index contributed by atoms with van der Waals surface area (Å²) in [4.78, 5) is 24.9. The summed E-state index contributed by atoms with van der Waals surface area (Å²) in [6, 6.07) is 7.28. The van der Waals surface area contributed by atoms with E-state index in [1.54, 1.807) is 35.6 Å². The number of morpholine rings is 1. The first-order valence-corrected chi connectivity index (χ1v) is 8.11. The second-order valence-electron chi connectivity index (χ2n) is 6.04. The first-order chi connectivity index (χ1) is 12.0. The summed E-state index contributed by atoms with van der Waals surface area (Å²) in [7, 11) is 0. The van der Waals surface area contributed by atoms with Crippen LogP contribution in [0.4, 0.5) is 5.69 Å².